The average molecular weight is 438 g/mol. The molecule has 1 amide bonds. The predicted molar refractivity (Wildman–Crippen MR) is 100 cm³/mol. The van der Waals surface area contributed by atoms with Crippen molar-refractivity contribution in [3.63, 3.8) is 0 Å². The Bertz CT molecular complexity index is 874. The van der Waals surface area contributed by atoms with Gasteiger partial charge < -0.3 is 16.0 Å². The summed E-state index contributed by atoms with van der Waals surface area (Å²) < 4.78 is 79.4. The number of nitrogens with zero attached hydrogens (tertiary/aromatic N) is 1. The Morgan fingerprint density at radius 3 is 2.43 bits per heavy atom. The largest absolute Gasteiger partial charge is 0.347 e. The average Bonchev–Trinajstić information content (AvgIpc) is 3.14. The summed E-state index contributed by atoms with van der Waals surface area (Å²) in [5.41, 5.74) is 5.01. The third-order valence-corrected chi connectivity index (χ3v) is 5.00. The zero-order valence-electron chi connectivity index (χ0n) is 16.6. The van der Waals surface area contributed by atoms with E-state index < -0.39 is 55.0 Å². The number of fused-ring (bicyclic) bond motifs is 1. The Morgan fingerprint density at radius 2 is 1.87 bits per heavy atom. The van der Waals surface area contributed by atoms with Crippen LogP contribution in [0.2, 0.25) is 0 Å². The highest BCUT2D eigenvalue weighted by Crippen LogP contribution is 2.37. The van der Waals surface area contributed by atoms with Gasteiger partial charge >= 0.3 is 0 Å². The lowest BCUT2D eigenvalue weighted by Gasteiger charge is -2.30. The number of H-pyrrole nitrogens is 1. The number of alkyl halides is 6. The van der Waals surface area contributed by atoms with Crippen LogP contribution in [0.4, 0.5) is 26.3 Å². The smallest absolute Gasteiger partial charge is 0.258 e. The normalized spacial score (nSPS) is 17.6. The number of imidazole rings is 1. The van der Waals surface area contributed by atoms with Gasteiger partial charge in [-0.2, -0.15) is 0 Å². The molecule has 168 valence electrons. The SMILES string of the molecule is C[C@@H](NC(=O)C(F)C(F)CF)c1ccc2[nH]c([C@H](N)C(F)C(C)(C)C(F)F)nc2c1. The predicted octanol–water partition coefficient (Wildman–Crippen LogP) is 4.02. The number of carbonyl (C=O) groups excluding carboxylic acids is 1. The Kier molecular flexibility index (Phi) is 7.38. The fourth-order valence-corrected chi connectivity index (χ4v) is 2.81. The first-order valence-electron chi connectivity index (χ1n) is 9.22. The summed E-state index contributed by atoms with van der Waals surface area (Å²) in [6.45, 7) is 2.01. The molecule has 5 nitrogen and oxygen atoms in total. The van der Waals surface area contributed by atoms with Crippen LogP contribution in [0.25, 0.3) is 11.0 Å². The number of rotatable bonds is 9. The molecule has 0 aliphatic rings. The van der Waals surface area contributed by atoms with E-state index in [-0.39, 0.29) is 5.82 Å². The zero-order valence-corrected chi connectivity index (χ0v) is 16.6. The summed E-state index contributed by atoms with van der Waals surface area (Å²) in [6.07, 6.45) is -10.2. The van der Waals surface area contributed by atoms with Crippen molar-refractivity contribution in [2.75, 3.05) is 6.67 Å². The van der Waals surface area contributed by atoms with Crippen LogP contribution < -0.4 is 11.1 Å². The number of halogens is 6. The Balaban J connectivity index is 2.20. The van der Waals surface area contributed by atoms with E-state index in [1.165, 1.54) is 19.1 Å². The summed E-state index contributed by atoms with van der Waals surface area (Å²) in [6, 6.07) is 2.37. The first-order chi connectivity index (χ1) is 13.9. The number of hydrogen-bond donors (Lipinski definition) is 3. The van der Waals surface area contributed by atoms with Crippen LogP contribution in [0.15, 0.2) is 18.2 Å². The molecule has 1 aromatic heterocycles. The zero-order chi connectivity index (χ0) is 22.8. The number of amides is 1. The molecular formula is C19H24F6N4O. The second-order valence-electron chi connectivity index (χ2n) is 7.75. The lowest BCUT2D eigenvalue weighted by Crippen LogP contribution is -2.40. The van der Waals surface area contributed by atoms with Crippen molar-refractivity contribution in [3.05, 3.63) is 29.6 Å². The molecule has 0 aliphatic carbocycles. The molecule has 3 unspecified atom stereocenters. The summed E-state index contributed by atoms with van der Waals surface area (Å²) in [5.74, 6) is -1.33. The van der Waals surface area contributed by atoms with Gasteiger partial charge in [0.25, 0.3) is 5.91 Å². The lowest BCUT2D eigenvalue weighted by atomic mass is 9.84. The van der Waals surface area contributed by atoms with E-state index in [9.17, 15) is 31.1 Å². The van der Waals surface area contributed by atoms with Gasteiger partial charge in [0, 0.05) is 0 Å². The topological polar surface area (TPSA) is 83.8 Å². The first kappa shape index (κ1) is 24.0. The summed E-state index contributed by atoms with van der Waals surface area (Å²) in [7, 11) is 0. The maximum Gasteiger partial charge on any atom is 0.258 e. The number of aromatic nitrogens is 2. The number of carbonyl (C=O) groups is 1. The molecule has 0 aliphatic heterocycles. The van der Waals surface area contributed by atoms with Gasteiger partial charge in [0.2, 0.25) is 12.6 Å². The summed E-state index contributed by atoms with van der Waals surface area (Å²) in [5, 5.41) is 2.23. The molecule has 2 aromatic rings. The number of benzene rings is 1. The number of aromatic amines is 1. The van der Waals surface area contributed by atoms with Gasteiger partial charge in [-0.25, -0.2) is 31.3 Å². The molecule has 0 fully saturated rings. The van der Waals surface area contributed by atoms with E-state index in [1.807, 2.05) is 0 Å². The minimum Gasteiger partial charge on any atom is -0.347 e. The standard InChI is InChI=1S/C19H24F6N4O/c1-8(27-17(30)13(22)10(21)7-20)9-4-5-11-12(6-9)29-16(28-11)14(26)15(23)19(2,3)18(24)25/h4-6,8,10,13-15,18H,7,26H2,1-3H3,(H,27,30)(H,28,29)/t8-,10?,13?,14-,15?/m1/s1. The van der Waals surface area contributed by atoms with E-state index in [1.54, 1.807) is 6.07 Å². The molecule has 0 saturated heterocycles. The van der Waals surface area contributed by atoms with E-state index in [4.69, 9.17) is 5.73 Å². The molecular weight excluding hydrogens is 414 g/mol. The first-order valence-corrected chi connectivity index (χ1v) is 9.22. The molecule has 0 spiro atoms. The van der Waals surface area contributed by atoms with E-state index in [0.717, 1.165) is 13.8 Å². The molecule has 4 N–H and O–H groups in total. The molecule has 2 rings (SSSR count). The van der Waals surface area contributed by atoms with Crippen LogP contribution in [0.3, 0.4) is 0 Å². The molecule has 1 heterocycles. The molecule has 11 heteroatoms. The molecule has 0 saturated carbocycles. The Morgan fingerprint density at radius 1 is 1.23 bits per heavy atom. The number of hydrogen-bond acceptors (Lipinski definition) is 3. The van der Waals surface area contributed by atoms with Crippen molar-refractivity contribution in [2.24, 2.45) is 11.1 Å². The monoisotopic (exact) mass is 438 g/mol. The van der Waals surface area contributed by atoms with E-state index in [0.29, 0.717) is 16.6 Å². The fourth-order valence-electron chi connectivity index (χ4n) is 2.81. The summed E-state index contributed by atoms with van der Waals surface area (Å²) >= 11 is 0. The highest BCUT2D eigenvalue weighted by molar-refractivity contribution is 5.82. The van der Waals surface area contributed by atoms with Crippen molar-refractivity contribution in [3.8, 4) is 0 Å². The van der Waals surface area contributed by atoms with Crippen LogP contribution in [-0.2, 0) is 4.79 Å². The number of nitrogens with one attached hydrogen (secondary N) is 2. The van der Waals surface area contributed by atoms with Gasteiger partial charge in [0.1, 0.15) is 18.7 Å². The second kappa shape index (κ2) is 9.23. The third kappa shape index (κ3) is 4.88. The fraction of sp³-hybridized carbons (Fsp3) is 0.579. The maximum atomic E-state index is 14.6. The highest BCUT2D eigenvalue weighted by atomic mass is 19.3. The quantitative estimate of drug-likeness (QED) is 0.517. The van der Waals surface area contributed by atoms with Crippen LogP contribution in [0, 0.1) is 5.41 Å². The van der Waals surface area contributed by atoms with Gasteiger partial charge in [-0.3, -0.25) is 4.79 Å². The molecule has 5 atom stereocenters. The van der Waals surface area contributed by atoms with Crippen LogP contribution in [0.5, 0.6) is 0 Å². The van der Waals surface area contributed by atoms with E-state index in [2.05, 4.69) is 15.3 Å². The van der Waals surface area contributed by atoms with Crippen molar-refractivity contribution in [2.45, 2.75) is 57.8 Å². The Hall–Kier alpha value is -2.30. The molecule has 0 bridgehead atoms. The third-order valence-electron chi connectivity index (χ3n) is 5.00. The van der Waals surface area contributed by atoms with Crippen LogP contribution >= 0.6 is 0 Å². The van der Waals surface area contributed by atoms with Gasteiger partial charge in [0.05, 0.1) is 28.5 Å². The summed E-state index contributed by atoms with van der Waals surface area (Å²) in [4.78, 5) is 18.6. The molecule has 1 aromatic carbocycles. The van der Waals surface area contributed by atoms with Crippen molar-refractivity contribution in [1.82, 2.24) is 15.3 Å². The minimum atomic E-state index is -2.93. The highest BCUT2D eigenvalue weighted by Gasteiger charge is 2.43. The van der Waals surface area contributed by atoms with Crippen molar-refractivity contribution >= 4 is 16.9 Å². The van der Waals surface area contributed by atoms with Crippen LogP contribution in [0.1, 0.15) is 44.2 Å². The van der Waals surface area contributed by atoms with E-state index >= 15 is 0 Å². The molecule has 0 radical (unpaired) electrons. The lowest BCUT2D eigenvalue weighted by molar-refractivity contribution is -0.129. The van der Waals surface area contributed by atoms with Crippen LogP contribution in [-0.4, -0.2) is 47.5 Å². The Labute approximate surface area is 169 Å². The van der Waals surface area contributed by atoms with Crippen molar-refractivity contribution in [1.29, 1.82) is 0 Å². The van der Waals surface area contributed by atoms with Gasteiger partial charge in [-0.15, -0.1) is 0 Å². The van der Waals surface area contributed by atoms with Gasteiger partial charge in [-0.1, -0.05) is 19.9 Å². The molecule has 30 heavy (non-hydrogen) atoms. The maximum absolute atomic E-state index is 14.6. The number of nitrogens with two attached hydrogens (primary N) is 1. The van der Waals surface area contributed by atoms with Crippen molar-refractivity contribution < 1.29 is 31.1 Å². The second-order valence-corrected chi connectivity index (χ2v) is 7.75. The van der Waals surface area contributed by atoms with Gasteiger partial charge in [0.15, 0.2) is 6.17 Å². The minimum absolute atomic E-state index is 0.0351. The van der Waals surface area contributed by atoms with Gasteiger partial charge in [-0.05, 0) is 24.6 Å².